The van der Waals surface area contributed by atoms with Crippen molar-refractivity contribution in [2.24, 2.45) is 5.73 Å². The van der Waals surface area contributed by atoms with Crippen LogP contribution >= 0.6 is 0 Å². The molecule has 0 aromatic heterocycles. The van der Waals surface area contributed by atoms with Crippen LogP contribution < -0.4 is 5.73 Å². The fourth-order valence-corrected chi connectivity index (χ4v) is 3.15. The number of hydrogen-bond acceptors (Lipinski definition) is 2. The highest BCUT2D eigenvalue weighted by Gasteiger charge is 2.56. The Balaban J connectivity index is 1.91. The summed E-state index contributed by atoms with van der Waals surface area (Å²) >= 11 is 0. The van der Waals surface area contributed by atoms with Gasteiger partial charge in [0, 0.05) is 12.1 Å². The number of primary amides is 1. The number of hydrogen-bond donors (Lipinski definition) is 1. The second-order valence-electron chi connectivity index (χ2n) is 5.62. The van der Waals surface area contributed by atoms with Crippen LogP contribution in [-0.2, 0) is 15.0 Å². The van der Waals surface area contributed by atoms with Gasteiger partial charge in [0.2, 0.25) is 11.8 Å². The topological polar surface area (TPSA) is 63.4 Å². The fraction of sp³-hybridized carbons (Fsp3) is 0.467. The van der Waals surface area contributed by atoms with Crippen LogP contribution in [0.5, 0.6) is 0 Å². The quantitative estimate of drug-likeness (QED) is 0.905. The fourth-order valence-electron chi connectivity index (χ4n) is 3.15. The number of carbonyl (C=O) groups excluding carboxylic acids is 2. The summed E-state index contributed by atoms with van der Waals surface area (Å²) in [4.78, 5) is 25.7. The molecule has 0 radical (unpaired) electrons. The zero-order valence-corrected chi connectivity index (χ0v) is 11.1. The minimum absolute atomic E-state index is 0.149. The molecule has 1 aromatic carbocycles. The molecule has 106 valence electrons. The molecule has 0 bridgehead atoms. The lowest BCUT2D eigenvalue weighted by Gasteiger charge is -2.27. The number of nitrogens with two attached hydrogens (primary N) is 1. The molecule has 1 aliphatic carbocycles. The number of rotatable bonds is 3. The first-order valence-electron chi connectivity index (χ1n) is 6.92. The predicted molar refractivity (Wildman–Crippen MR) is 71.2 cm³/mol. The maximum Gasteiger partial charge on any atom is 0.240 e. The summed E-state index contributed by atoms with van der Waals surface area (Å²) in [7, 11) is 0. The molecule has 1 aromatic rings. The zero-order valence-electron chi connectivity index (χ0n) is 11.1. The first-order valence-corrected chi connectivity index (χ1v) is 6.92. The molecule has 2 fully saturated rings. The van der Waals surface area contributed by atoms with Crippen molar-refractivity contribution in [3.8, 4) is 0 Å². The highest BCUT2D eigenvalue weighted by molar-refractivity contribution is 5.95. The van der Waals surface area contributed by atoms with Gasteiger partial charge in [-0.2, -0.15) is 0 Å². The zero-order chi connectivity index (χ0) is 14.3. The number of halogens is 1. The third kappa shape index (κ3) is 1.88. The summed E-state index contributed by atoms with van der Waals surface area (Å²) in [6, 6.07) is 5.85. The highest BCUT2D eigenvalue weighted by atomic mass is 19.1. The van der Waals surface area contributed by atoms with Gasteiger partial charge in [0.05, 0.1) is 5.41 Å². The van der Waals surface area contributed by atoms with Gasteiger partial charge in [0.15, 0.2) is 0 Å². The second kappa shape index (κ2) is 4.58. The smallest absolute Gasteiger partial charge is 0.240 e. The summed E-state index contributed by atoms with van der Waals surface area (Å²) in [6.07, 6.45) is 2.64. The van der Waals surface area contributed by atoms with Crippen molar-refractivity contribution in [1.29, 1.82) is 0 Å². The number of nitrogens with zero attached hydrogens (tertiary/aromatic N) is 1. The summed E-state index contributed by atoms with van der Waals surface area (Å²) in [5, 5.41) is 0. The van der Waals surface area contributed by atoms with E-state index in [1.54, 1.807) is 23.1 Å². The second-order valence-corrected chi connectivity index (χ2v) is 5.62. The van der Waals surface area contributed by atoms with Crippen molar-refractivity contribution in [2.75, 3.05) is 6.54 Å². The average Bonchev–Trinajstić information content (AvgIpc) is 3.07. The molecule has 1 heterocycles. The predicted octanol–water partition coefficient (Wildman–Crippen LogP) is 1.33. The number of benzene rings is 1. The van der Waals surface area contributed by atoms with Gasteiger partial charge in [-0.1, -0.05) is 18.2 Å². The van der Waals surface area contributed by atoms with Gasteiger partial charge in [-0.15, -0.1) is 0 Å². The third-order valence-electron chi connectivity index (χ3n) is 4.39. The molecule has 2 N–H and O–H groups in total. The molecular formula is C15H17FN2O2. The summed E-state index contributed by atoms with van der Waals surface area (Å²) in [5.41, 5.74) is 5.02. The van der Waals surface area contributed by atoms with Crippen molar-refractivity contribution >= 4 is 11.8 Å². The first kappa shape index (κ1) is 13.1. The molecule has 1 unspecified atom stereocenters. The van der Waals surface area contributed by atoms with Gasteiger partial charge in [-0.25, -0.2) is 4.39 Å². The van der Waals surface area contributed by atoms with E-state index >= 15 is 0 Å². The average molecular weight is 276 g/mol. The van der Waals surface area contributed by atoms with Crippen LogP contribution in [0.2, 0.25) is 0 Å². The van der Waals surface area contributed by atoms with Crippen molar-refractivity contribution in [1.82, 2.24) is 4.90 Å². The van der Waals surface area contributed by atoms with E-state index in [9.17, 15) is 14.0 Å². The number of likely N-dealkylation sites (tertiary alicyclic amines) is 1. The molecule has 3 rings (SSSR count). The molecule has 1 aliphatic heterocycles. The molecule has 1 saturated heterocycles. The number of amides is 2. The Kier molecular flexibility index (Phi) is 3.00. The van der Waals surface area contributed by atoms with Gasteiger partial charge in [-0.3, -0.25) is 9.59 Å². The van der Waals surface area contributed by atoms with E-state index in [4.69, 9.17) is 5.73 Å². The van der Waals surface area contributed by atoms with Gasteiger partial charge in [-0.05, 0) is 31.7 Å². The maximum atomic E-state index is 14.0. The SMILES string of the molecule is NC(=O)C1CCCN1C(=O)C1(c2ccccc2F)CC1. The van der Waals surface area contributed by atoms with Crippen molar-refractivity contribution in [2.45, 2.75) is 37.1 Å². The van der Waals surface area contributed by atoms with Crippen LogP contribution in [0.3, 0.4) is 0 Å². The first-order chi connectivity index (χ1) is 9.56. The van der Waals surface area contributed by atoms with Crippen LogP contribution in [-0.4, -0.2) is 29.3 Å². The summed E-state index contributed by atoms with van der Waals surface area (Å²) in [6.45, 7) is 0.530. The Labute approximate surface area is 116 Å². The Morgan fingerprint density at radius 3 is 2.60 bits per heavy atom. The molecule has 1 saturated carbocycles. The van der Waals surface area contributed by atoms with E-state index in [0.717, 1.165) is 6.42 Å². The maximum absolute atomic E-state index is 14.0. The lowest BCUT2D eigenvalue weighted by molar-refractivity contribution is -0.139. The Morgan fingerprint density at radius 2 is 2.00 bits per heavy atom. The van der Waals surface area contributed by atoms with Crippen molar-refractivity contribution in [3.63, 3.8) is 0 Å². The van der Waals surface area contributed by atoms with Gasteiger partial charge >= 0.3 is 0 Å². The van der Waals surface area contributed by atoms with E-state index in [1.807, 2.05) is 0 Å². The molecule has 4 nitrogen and oxygen atoms in total. The minimum Gasteiger partial charge on any atom is -0.368 e. The molecule has 0 spiro atoms. The van der Waals surface area contributed by atoms with E-state index in [2.05, 4.69) is 0 Å². The highest BCUT2D eigenvalue weighted by Crippen LogP contribution is 2.51. The lowest BCUT2D eigenvalue weighted by Crippen LogP contribution is -2.47. The van der Waals surface area contributed by atoms with Crippen molar-refractivity contribution < 1.29 is 14.0 Å². The normalized spacial score (nSPS) is 23.6. The molecule has 1 atom stereocenters. The van der Waals surface area contributed by atoms with Crippen LogP contribution in [0.25, 0.3) is 0 Å². The van der Waals surface area contributed by atoms with Gasteiger partial charge in [0.25, 0.3) is 0 Å². The Hall–Kier alpha value is -1.91. The molecular weight excluding hydrogens is 259 g/mol. The van der Waals surface area contributed by atoms with E-state index in [1.165, 1.54) is 6.07 Å². The van der Waals surface area contributed by atoms with Crippen LogP contribution in [0, 0.1) is 5.82 Å². The van der Waals surface area contributed by atoms with E-state index < -0.39 is 17.4 Å². The standard InChI is InChI=1S/C15H17FN2O2/c16-11-5-2-1-4-10(11)15(7-8-15)14(20)18-9-3-6-12(18)13(17)19/h1-2,4-5,12H,3,6-9H2,(H2,17,19). The Morgan fingerprint density at radius 1 is 1.30 bits per heavy atom. The van der Waals surface area contributed by atoms with E-state index in [0.29, 0.717) is 31.4 Å². The largest absolute Gasteiger partial charge is 0.368 e. The van der Waals surface area contributed by atoms with Crippen LogP contribution in [0.1, 0.15) is 31.2 Å². The molecule has 2 amide bonds. The number of carbonyl (C=O) groups is 2. The Bertz CT molecular complexity index is 569. The monoisotopic (exact) mass is 276 g/mol. The minimum atomic E-state index is -0.774. The summed E-state index contributed by atoms with van der Waals surface area (Å²) in [5.74, 6) is -0.975. The van der Waals surface area contributed by atoms with Crippen LogP contribution in [0.15, 0.2) is 24.3 Å². The van der Waals surface area contributed by atoms with Gasteiger partial charge in [0.1, 0.15) is 11.9 Å². The van der Waals surface area contributed by atoms with Crippen LogP contribution in [0.4, 0.5) is 4.39 Å². The van der Waals surface area contributed by atoms with Gasteiger partial charge < -0.3 is 10.6 Å². The van der Waals surface area contributed by atoms with E-state index in [-0.39, 0.29) is 11.7 Å². The lowest BCUT2D eigenvalue weighted by atomic mass is 9.93. The summed E-state index contributed by atoms with van der Waals surface area (Å²) < 4.78 is 14.0. The molecule has 20 heavy (non-hydrogen) atoms. The molecule has 2 aliphatic rings. The van der Waals surface area contributed by atoms with Crippen molar-refractivity contribution in [3.05, 3.63) is 35.6 Å². The molecule has 5 heteroatoms. The third-order valence-corrected chi connectivity index (χ3v) is 4.39.